The number of aromatic nitrogens is 4. The maximum Gasteiger partial charge on any atom is 0.219 e. The number of pyridine rings is 1. The number of aryl methyl sites for hydroxylation is 2. The highest BCUT2D eigenvalue weighted by molar-refractivity contribution is 5.95. The molecular weight excluding hydrogens is 470 g/mol. The molecule has 37 heavy (non-hydrogen) atoms. The summed E-state index contributed by atoms with van der Waals surface area (Å²) in [4.78, 5) is 35.4. The summed E-state index contributed by atoms with van der Waals surface area (Å²) in [5.41, 5.74) is 6.58. The first-order valence-corrected chi connectivity index (χ1v) is 12.4. The number of imidazole rings is 1. The van der Waals surface area contributed by atoms with Crippen molar-refractivity contribution in [2.75, 3.05) is 19.7 Å². The molecule has 188 valence electrons. The zero-order valence-corrected chi connectivity index (χ0v) is 21.2. The van der Waals surface area contributed by atoms with Crippen molar-refractivity contribution >= 4 is 28.3 Å². The second kappa shape index (κ2) is 8.69. The molecule has 9 nitrogen and oxygen atoms in total. The zero-order chi connectivity index (χ0) is 25.8. The molecule has 0 radical (unpaired) electrons. The molecule has 0 aliphatic carbocycles. The Morgan fingerprint density at radius 2 is 1.97 bits per heavy atom. The van der Waals surface area contributed by atoms with E-state index < -0.39 is 0 Å². The standard InChI is InChI=1S/C28H27N5O4/c1-15-25(17(3)37-31-15)21-7-8-22-26-27(21)36-14-24(19-9-10-29-23(12-19)16(2)34)33(26)28(30-22)20-6-5-11-32(13-20)18(4)35/h6-10,12,24H,5,11,13-14H2,1-4H3. The molecule has 0 spiro atoms. The number of benzene rings is 1. The topological polar surface area (TPSA) is 103 Å². The van der Waals surface area contributed by atoms with E-state index in [4.69, 9.17) is 14.2 Å². The molecule has 5 heterocycles. The highest BCUT2D eigenvalue weighted by atomic mass is 16.5. The van der Waals surface area contributed by atoms with Crippen molar-refractivity contribution in [3.63, 3.8) is 0 Å². The van der Waals surface area contributed by atoms with Crippen molar-refractivity contribution < 1.29 is 18.8 Å². The van der Waals surface area contributed by atoms with Crippen LogP contribution in [0.25, 0.3) is 27.7 Å². The van der Waals surface area contributed by atoms with Crippen molar-refractivity contribution in [2.24, 2.45) is 0 Å². The van der Waals surface area contributed by atoms with Gasteiger partial charge in [0.25, 0.3) is 0 Å². The van der Waals surface area contributed by atoms with Gasteiger partial charge in [-0.1, -0.05) is 11.2 Å². The number of nitrogens with zero attached hydrogens (tertiary/aromatic N) is 5. The molecule has 1 aromatic carbocycles. The first-order valence-electron chi connectivity index (χ1n) is 12.4. The molecule has 1 unspecified atom stereocenters. The summed E-state index contributed by atoms with van der Waals surface area (Å²) in [6.07, 6.45) is 4.59. The highest BCUT2D eigenvalue weighted by Gasteiger charge is 2.33. The SMILES string of the molecule is CC(=O)c1cc(C2COc3c(-c4c(C)noc4C)ccc4nc(C5=CCCN(C(C)=O)C5)n2c34)ccn1. The van der Waals surface area contributed by atoms with Gasteiger partial charge in [0.05, 0.1) is 22.8 Å². The molecule has 1 amide bonds. The number of rotatable bonds is 4. The number of ether oxygens (including phenoxy) is 1. The minimum atomic E-state index is -0.234. The molecule has 9 heteroatoms. The van der Waals surface area contributed by atoms with Crippen LogP contribution in [0.1, 0.15) is 59.6 Å². The van der Waals surface area contributed by atoms with Gasteiger partial charge in [-0.2, -0.15) is 0 Å². The Kier molecular flexibility index (Phi) is 5.43. The second-order valence-electron chi connectivity index (χ2n) is 9.63. The second-order valence-corrected chi connectivity index (χ2v) is 9.63. The lowest BCUT2D eigenvalue weighted by atomic mass is 9.99. The van der Waals surface area contributed by atoms with Crippen molar-refractivity contribution in [3.05, 3.63) is 65.1 Å². The summed E-state index contributed by atoms with van der Waals surface area (Å²) < 4.78 is 14.1. The van der Waals surface area contributed by atoms with E-state index in [0.717, 1.165) is 62.7 Å². The monoisotopic (exact) mass is 497 g/mol. The number of hydrogen-bond donors (Lipinski definition) is 0. The van der Waals surface area contributed by atoms with Gasteiger partial charge >= 0.3 is 0 Å². The first kappa shape index (κ1) is 23.1. The Bertz CT molecular complexity index is 1590. The molecule has 6 rings (SSSR count). The van der Waals surface area contributed by atoms with Gasteiger partial charge in [-0.25, -0.2) is 4.98 Å². The van der Waals surface area contributed by atoms with Crippen molar-refractivity contribution in [3.8, 4) is 16.9 Å². The molecule has 0 N–H and O–H groups in total. The van der Waals surface area contributed by atoms with Gasteiger partial charge in [-0.3, -0.25) is 14.6 Å². The van der Waals surface area contributed by atoms with Crippen LogP contribution in [0.15, 0.2) is 41.1 Å². The number of ketones is 1. The minimum Gasteiger partial charge on any atom is -0.488 e. The van der Waals surface area contributed by atoms with Crippen LogP contribution in [-0.2, 0) is 4.79 Å². The van der Waals surface area contributed by atoms with Crippen LogP contribution in [0.4, 0.5) is 0 Å². The van der Waals surface area contributed by atoms with E-state index in [9.17, 15) is 9.59 Å². The molecule has 4 aromatic rings. The molecule has 3 aromatic heterocycles. The quantitative estimate of drug-likeness (QED) is 0.382. The van der Waals surface area contributed by atoms with E-state index in [-0.39, 0.29) is 17.7 Å². The summed E-state index contributed by atoms with van der Waals surface area (Å²) in [7, 11) is 0. The third kappa shape index (κ3) is 3.73. The summed E-state index contributed by atoms with van der Waals surface area (Å²) in [5.74, 6) is 2.19. The molecule has 0 saturated heterocycles. The molecule has 2 aliphatic rings. The molecule has 0 bridgehead atoms. The van der Waals surface area contributed by atoms with Crippen LogP contribution in [-0.4, -0.2) is 56.0 Å². The Labute approximate surface area is 213 Å². The van der Waals surface area contributed by atoms with Crippen molar-refractivity contribution in [1.82, 2.24) is 24.6 Å². The summed E-state index contributed by atoms with van der Waals surface area (Å²) in [6, 6.07) is 7.50. The number of carbonyl (C=O) groups excluding carboxylic acids is 2. The molecule has 1 atom stereocenters. The Hall–Kier alpha value is -4.27. The van der Waals surface area contributed by atoms with Gasteiger partial charge < -0.3 is 18.7 Å². The van der Waals surface area contributed by atoms with E-state index >= 15 is 0 Å². The summed E-state index contributed by atoms with van der Waals surface area (Å²) in [6.45, 7) is 8.45. The van der Waals surface area contributed by atoms with E-state index in [1.807, 2.05) is 43.0 Å². The summed E-state index contributed by atoms with van der Waals surface area (Å²) >= 11 is 0. The van der Waals surface area contributed by atoms with Crippen LogP contribution < -0.4 is 4.74 Å². The molecule has 0 saturated carbocycles. The maximum atomic E-state index is 12.2. The molecule has 0 fully saturated rings. The predicted molar refractivity (Wildman–Crippen MR) is 137 cm³/mol. The lowest BCUT2D eigenvalue weighted by Gasteiger charge is -2.31. The predicted octanol–water partition coefficient (Wildman–Crippen LogP) is 4.52. The van der Waals surface area contributed by atoms with E-state index in [0.29, 0.717) is 25.4 Å². The van der Waals surface area contributed by atoms with Crippen LogP contribution in [0.3, 0.4) is 0 Å². The fourth-order valence-corrected chi connectivity index (χ4v) is 5.40. The number of hydrogen-bond acceptors (Lipinski definition) is 7. The number of carbonyl (C=O) groups is 2. The third-order valence-electron chi connectivity index (χ3n) is 7.22. The number of amides is 1. The average Bonchev–Trinajstić information content (AvgIpc) is 3.45. The lowest BCUT2D eigenvalue weighted by molar-refractivity contribution is -0.128. The van der Waals surface area contributed by atoms with Crippen LogP contribution in [0.5, 0.6) is 5.75 Å². The fraction of sp³-hybridized carbons (Fsp3) is 0.321. The highest BCUT2D eigenvalue weighted by Crippen LogP contribution is 2.45. The van der Waals surface area contributed by atoms with Crippen LogP contribution >= 0.6 is 0 Å². The van der Waals surface area contributed by atoms with Crippen molar-refractivity contribution in [2.45, 2.75) is 40.2 Å². The smallest absolute Gasteiger partial charge is 0.219 e. The number of Topliss-reactive ketones (excluding diaryl/α,β-unsaturated/α-hetero) is 1. The normalized spacial score (nSPS) is 17.0. The Morgan fingerprint density at radius 3 is 2.70 bits per heavy atom. The average molecular weight is 498 g/mol. The van der Waals surface area contributed by atoms with Gasteiger partial charge in [0.2, 0.25) is 5.91 Å². The Balaban J connectivity index is 1.60. The van der Waals surface area contributed by atoms with Gasteiger partial charge in [-0.05, 0) is 50.1 Å². The summed E-state index contributed by atoms with van der Waals surface area (Å²) in [5, 5.41) is 4.14. The van der Waals surface area contributed by atoms with Gasteiger partial charge in [0.15, 0.2) is 11.5 Å². The van der Waals surface area contributed by atoms with E-state index in [1.54, 1.807) is 13.1 Å². The third-order valence-corrected chi connectivity index (χ3v) is 7.22. The zero-order valence-electron chi connectivity index (χ0n) is 21.2. The van der Waals surface area contributed by atoms with Gasteiger partial charge in [0.1, 0.15) is 29.4 Å². The van der Waals surface area contributed by atoms with Gasteiger partial charge in [-0.15, -0.1) is 0 Å². The van der Waals surface area contributed by atoms with E-state index in [2.05, 4.69) is 20.8 Å². The van der Waals surface area contributed by atoms with Crippen LogP contribution in [0, 0.1) is 13.8 Å². The molecular formula is C28H27N5O4. The Morgan fingerprint density at radius 1 is 1.14 bits per heavy atom. The molecule has 2 aliphatic heterocycles. The first-order chi connectivity index (χ1) is 17.8. The maximum absolute atomic E-state index is 12.2. The minimum absolute atomic E-state index is 0.0434. The van der Waals surface area contributed by atoms with Crippen LogP contribution in [0.2, 0.25) is 0 Å². The lowest BCUT2D eigenvalue weighted by Crippen LogP contribution is -2.34. The van der Waals surface area contributed by atoms with E-state index in [1.165, 1.54) is 6.92 Å². The largest absolute Gasteiger partial charge is 0.488 e. The van der Waals surface area contributed by atoms with Crippen molar-refractivity contribution in [1.29, 1.82) is 0 Å². The van der Waals surface area contributed by atoms with Gasteiger partial charge in [0, 0.05) is 44.3 Å². The fourth-order valence-electron chi connectivity index (χ4n) is 5.40.